The monoisotopic (exact) mass is 314 g/mol. The zero-order chi connectivity index (χ0) is 16.0. The third-order valence-corrected chi connectivity index (χ3v) is 4.71. The van der Waals surface area contributed by atoms with Gasteiger partial charge in [0.2, 0.25) is 0 Å². The number of rotatable bonds is 8. The van der Waals surface area contributed by atoms with E-state index >= 15 is 0 Å². The Hall–Kier alpha value is -1.04. The van der Waals surface area contributed by atoms with Gasteiger partial charge < -0.3 is 21.3 Å². The molecule has 1 rings (SSSR count). The van der Waals surface area contributed by atoms with Crippen molar-refractivity contribution in [2.75, 3.05) is 0 Å². The summed E-state index contributed by atoms with van der Waals surface area (Å²) in [5.74, 6) is -0.673. The summed E-state index contributed by atoms with van der Waals surface area (Å²) in [6.07, 6.45) is 1.23. The molecule has 21 heavy (non-hydrogen) atoms. The van der Waals surface area contributed by atoms with Crippen molar-refractivity contribution in [3.8, 4) is 0 Å². The molecule has 0 fully saturated rings. The van der Waals surface area contributed by atoms with E-state index in [9.17, 15) is 19.1 Å². The highest BCUT2D eigenvalue weighted by Crippen LogP contribution is 2.44. The number of hydrogen-bond acceptors (Lipinski definition) is 4. The average Bonchev–Trinajstić information content (AvgIpc) is 2.38. The van der Waals surface area contributed by atoms with Crippen molar-refractivity contribution in [3.05, 3.63) is 35.9 Å². The fourth-order valence-electron chi connectivity index (χ4n) is 2.31. The van der Waals surface area contributed by atoms with Crippen molar-refractivity contribution in [1.29, 1.82) is 0 Å². The number of benzene rings is 1. The van der Waals surface area contributed by atoms with Gasteiger partial charge in [-0.1, -0.05) is 43.7 Å². The molecule has 0 aliphatic heterocycles. The Morgan fingerprint density at radius 2 is 1.81 bits per heavy atom. The lowest BCUT2D eigenvalue weighted by molar-refractivity contribution is -0.120. The van der Waals surface area contributed by atoms with Gasteiger partial charge in [-0.05, 0) is 18.4 Å². The van der Waals surface area contributed by atoms with Crippen molar-refractivity contribution in [3.63, 3.8) is 0 Å². The summed E-state index contributed by atoms with van der Waals surface area (Å²) in [5, 5.41) is 0. The van der Waals surface area contributed by atoms with Crippen LogP contribution in [0, 0.1) is 0 Å². The Bertz CT molecular complexity index is 503. The molecule has 2 unspecified atom stereocenters. The predicted molar refractivity (Wildman–Crippen MR) is 81.8 cm³/mol. The Balaban J connectivity index is 2.87. The molecule has 0 saturated carbocycles. The molecule has 118 valence electrons. The summed E-state index contributed by atoms with van der Waals surface area (Å²) >= 11 is 0. The molecule has 0 amide bonds. The maximum absolute atomic E-state index is 12.3. The topological polar surface area (TPSA) is 127 Å². The highest BCUT2D eigenvalue weighted by Gasteiger charge is 2.41. The van der Waals surface area contributed by atoms with Gasteiger partial charge in [0.15, 0.2) is 5.78 Å². The van der Waals surface area contributed by atoms with Crippen LogP contribution in [0.5, 0.6) is 0 Å². The summed E-state index contributed by atoms with van der Waals surface area (Å²) in [5.41, 5.74) is 10.9. The lowest BCUT2D eigenvalue weighted by atomic mass is 9.97. The van der Waals surface area contributed by atoms with Gasteiger partial charge in [-0.25, -0.2) is 0 Å². The van der Waals surface area contributed by atoms with Gasteiger partial charge in [0.25, 0.3) is 0 Å². The molecule has 6 N–H and O–H groups in total. The molecule has 1 aromatic carbocycles. The highest BCUT2D eigenvalue weighted by atomic mass is 31.2. The van der Waals surface area contributed by atoms with Crippen LogP contribution in [0.1, 0.15) is 25.3 Å². The molecule has 0 bridgehead atoms. The molecule has 6 nitrogen and oxygen atoms in total. The van der Waals surface area contributed by atoms with E-state index in [1.807, 2.05) is 37.3 Å². The van der Waals surface area contributed by atoms with Crippen LogP contribution < -0.4 is 11.5 Å². The summed E-state index contributed by atoms with van der Waals surface area (Å²) in [6.45, 7) is 1.84. The molecule has 0 aliphatic carbocycles. The Morgan fingerprint density at radius 3 is 2.29 bits per heavy atom. The minimum Gasteiger partial charge on any atom is -0.326 e. The second-order valence-corrected chi connectivity index (χ2v) is 6.92. The van der Waals surface area contributed by atoms with Gasteiger partial charge in [-0.3, -0.25) is 9.36 Å². The van der Waals surface area contributed by atoms with E-state index in [0.29, 0.717) is 12.8 Å². The number of ketones is 1. The molecule has 0 radical (unpaired) electrons. The normalized spacial score (nSPS) is 16.2. The van der Waals surface area contributed by atoms with Gasteiger partial charge in [-0.15, -0.1) is 0 Å². The van der Waals surface area contributed by atoms with E-state index in [2.05, 4.69) is 0 Å². The summed E-state index contributed by atoms with van der Waals surface area (Å²) < 4.78 is 11.6. The van der Waals surface area contributed by atoms with Crippen molar-refractivity contribution >= 4 is 13.4 Å². The predicted octanol–water partition coefficient (Wildman–Crippen LogP) is 0.799. The second-order valence-electron chi connectivity index (χ2n) is 5.19. The van der Waals surface area contributed by atoms with E-state index in [-0.39, 0.29) is 6.42 Å². The molecular formula is C14H23N2O4P. The van der Waals surface area contributed by atoms with E-state index in [1.54, 1.807) is 0 Å². The first-order valence-electron chi connectivity index (χ1n) is 6.91. The Morgan fingerprint density at radius 1 is 1.24 bits per heavy atom. The number of carbonyl (C=O) groups is 1. The van der Waals surface area contributed by atoms with Crippen LogP contribution in [0.2, 0.25) is 0 Å². The van der Waals surface area contributed by atoms with Crippen LogP contribution in [-0.4, -0.2) is 33.3 Å². The summed E-state index contributed by atoms with van der Waals surface area (Å²) in [7, 11) is -4.63. The van der Waals surface area contributed by atoms with Gasteiger partial charge >= 0.3 is 7.60 Å². The van der Waals surface area contributed by atoms with Crippen LogP contribution in [0.3, 0.4) is 0 Å². The first-order chi connectivity index (χ1) is 9.77. The minimum absolute atomic E-state index is 0.231. The van der Waals surface area contributed by atoms with E-state index in [0.717, 1.165) is 5.56 Å². The molecule has 7 heteroatoms. The number of carbonyl (C=O) groups excluding carboxylic acids is 1. The van der Waals surface area contributed by atoms with E-state index in [4.69, 9.17) is 11.5 Å². The lowest BCUT2D eigenvalue weighted by Gasteiger charge is -2.25. The molecule has 0 saturated heterocycles. The fraction of sp³-hybridized carbons (Fsp3) is 0.500. The van der Waals surface area contributed by atoms with Gasteiger partial charge in [0.1, 0.15) is 5.66 Å². The van der Waals surface area contributed by atoms with Crippen molar-refractivity contribution in [2.45, 2.75) is 43.9 Å². The van der Waals surface area contributed by atoms with Gasteiger partial charge in [-0.2, -0.15) is 0 Å². The summed E-state index contributed by atoms with van der Waals surface area (Å²) in [4.78, 5) is 31.1. The molecule has 3 atom stereocenters. The molecule has 1 aromatic rings. The quantitative estimate of drug-likeness (QED) is 0.526. The minimum atomic E-state index is -4.63. The highest BCUT2D eigenvalue weighted by molar-refractivity contribution is 7.53. The van der Waals surface area contributed by atoms with E-state index in [1.165, 1.54) is 0 Å². The first-order valence-corrected chi connectivity index (χ1v) is 8.59. The summed E-state index contributed by atoms with van der Waals surface area (Å²) in [6, 6.07) is 7.23. The molecule has 0 aliphatic rings. The van der Waals surface area contributed by atoms with Crippen molar-refractivity contribution < 1.29 is 19.1 Å². The van der Waals surface area contributed by atoms with Crippen LogP contribution in [-0.2, 0) is 15.8 Å². The molecular weight excluding hydrogens is 291 g/mol. The number of hydrogen-bond donors (Lipinski definition) is 4. The maximum Gasteiger partial charge on any atom is 0.337 e. The molecule has 0 spiro atoms. The van der Waals surface area contributed by atoms with Crippen LogP contribution >= 0.6 is 7.60 Å². The van der Waals surface area contributed by atoms with Crippen LogP contribution in [0.15, 0.2) is 30.3 Å². The van der Waals surface area contributed by atoms with Crippen molar-refractivity contribution in [1.82, 2.24) is 0 Å². The third kappa shape index (κ3) is 5.34. The number of Topliss-reactive ketones (excluding diaryl/α,β-unsaturated/α-hetero) is 1. The van der Waals surface area contributed by atoms with E-state index < -0.39 is 31.1 Å². The van der Waals surface area contributed by atoms with Gasteiger partial charge in [0, 0.05) is 6.04 Å². The first kappa shape index (κ1) is 18.0. The third-order valence-electron chi connectivity index (χ3n) is 3.35. The van der Waals surface area contributed by atoms with Gasteiger partial charge in [0.05, 0.1) is 6.04 Å². The Labute approximate surface area is 124 Å². The molecule has 0 heterocycles. The standard InChI is InChI=1S/C14H23N2O4P/c1-2-6-11(15)14(21(18,19)20)13(17)12(16)9-10-7-4-3-5-8-10/h3-5,7-8,11-12,14H,2,6,9,15-16H2,1H3,(H2,18,19,20)/t11?,12-,14?/m0/s1. The number of nitrogens with two attached hydrogens (primary N) is 2. The molecule has 0 aromatic heterocycles. The zero-order valence-corrected chi connectivity index (χ0v) is 12.9. The Kier molecular flexibility index (Phi) is 6.71. The average molecular weight is 314 g/mol. The lowest BCUT2D eigenvalue weighted by Crippen LogP contribution is -2.48. The van der Waals surface area contributed by atoms with Crippen LogP contribution in [0.25, 0.3) is 0 Å². The fourth-order valence-corrected chi connectivity index (χ4v) is 3.48. The smallest absolute Gasteiger partial charge is 0.326 e. The zero-order valence-electron chi connectivity index (χ0n) is 12.1. The van der Waals surface area contributed by atoms with Crippen LogP contribution in [0.4, 0.5) is 0 Å². The van der Waals surface area contributed by atoms with Crippen molar-refractivity contribution in [2.24, 2.45) is 11.5 Å². The SMILES string of the molecule is CCCC(N)C(C(=O)[C@@H](N)Cc1ccccc1)P(=O)(O)O. The maximum atomic E-state index is 12.3. The largest absolute Gasteiger partial charge is 0.337 e. The second kappa shape index (κ2) is 7.82.